The molecule has 2 rings (SSSR count). The van der Waals surface area contributed by atoms with Crippen molar-refractivity contribution < 1.29 is 0 Å². The average Bonchev–Trinajstić information content (AvgIpc) is 2.34. The van der Waals surface area contributed by atoms with Gasteiger partial charge in [-0.2, -0.15) is 0 Å². The van der Waals surface area contributed by atoms with Gasteiger partial charge < -0.3 is 4.90 Å². The van der Waals surface area contributed by atoms with Gasteiger partial charge >= 0.3 is 0 Å². The van der Waals surface area contributed by atoms with Crippen molar-refractivity contribution in [2.45, 2.75) is 6.42 Å². The van der Waals surface area contributed by atoms with E-state index in [1.807, 2.05) is 12.1 Å². The molecule has 0 saturated heterocycles. The van der Waals surface area contributed by atoms with E-state index in [1.165, 1.54) is 11.3 Å². The SMILES string of the molecule is CN1CCc2cccc(Cl)c21. The van der Waals surface area contributed by atoms with E-state index in [4.69, 9.17) is 11.6 Å². The van der Waals surface area contributed by atoms with Crippen molar-refractivity contribution in [2.24, 2.45) is 0 Å². The molecule has 0 radical (unpaired) electrons. The lowest BCUT2D eigenvalue weighted by molar-refractivity contribution is 0.956. The zero-order chi connectivity index (χ0) is 7.84. The minimum atomic E-state index is 0.877. The molecule has 0 bridgehead atoms. The molecule has 1 heterocycles. The summed E-state index contributed by atoms with van der Waals surface area (Å²) in [5, 5.41) is 0.877. The molecule has 0 aliphatic carbocycles. The van der Waals surface area contributed by atoms with Crippen LogP contribution in [-0.4, -0.2) is 13.6 Å². The van der Waals surface area contributed by atoms with E-state index in [9.17, 15) is 0 Å². The summed E-state index contributed by atoms with van der Waals surface area (Å²) in [6.45, 7) is 1.10. The van der Waals surface area contributed by atoms with Crippen LogP contribution in [-0.2, 0) is 6.42 Å². The van der Waals surface area contributed by atoms with Crippen LogP contribution in [0.1, 0.15) is 5.56 Å². The monoisotopic (exact) mass is 167 g/mol. The Morgan fingerprint density at radius 2 is 2.27 bits per heavy atom. The fraction of sp³-hybridized carbons (Fsp3) is 0.333. The van der Waals surface area contributed by atoms with Crippen LogP contribution in [0.4, 0.5) is 5.69 Å². The highest BCUT2D eigenvalue weighted by molar-refractivity contribution is 6.33. The first-order chi connectivity index (χ1) is 5.29. The smallest absolute Gasteiger partial charge is 0.0642 e. The molecule has 0 aromatic heterocycles. The molecule has 0 amide bonds. The Morgan fingerprint density at radius 1 is 1.45 bits per heavy atom. The van der Waals surface area contributed by atoms with Crippen LogP contribution in [0.25, 0.3) is 0 Å². The van der Waals surface area contributed by atoms with Gasteiger partial charge in [0.1, 0.15) is 0 Å². The van der Waals surface area contributed by atoms with Gasteiger partial charge in [-0.3, -0.25) is 0 Å². The summed E-state index contributed by atoms with van der Waals surface area (Å²) in [4.78, 5) is 2.21. The molecular formula is C9H10ClN. The van der Waals surface area contributed by atoms with Gasteiger partial charge in [0, 0.05) is 13.6 Å². The quantitative estimate of drug-likeness (QED) is 0.574. The van der Waals surface area contributed by atoms with Gasteiger partial charge in [0.25, 0.3) is 0 Å². The summed E-state index contributed by atoms with van der Waals surface area (Å²) < 4.78 is 0. The van der Waals surface area contributed by atoms with E-state index in [0.717, 1.165) is 18.0 Å². The summed E-state index contributed by atoms with van der Waals surface area (Å²) in [7, 11) is 2.08. The number of benzene rings is 1. The van der Waals surface area contributed by atoms with Crippen LogP contribution in [0.5, 0.6) is 0 Å². The Balaban J connectivity index is 2.58. The van der Waals surface area contributed by atoms with Crippen molar-refractivity contribution in [3.63, 3.8) is 0 Å². The third kappa shape index (κ3) is 1.000. The van der Waals surface area contributed by atoms with Crippen LogP contribution < -0.4 is 4.90 Å². The van der Waals surface area contributed by atoms with Gasteiger partial charge in [0.2, 0.25) is 0 Å². The van der Waals surface area contributed by atoms with Crippen molar-refractivity contribution in [1.29, 1.82) is 0 Å². The molecule has 1 aromatic rings. The molecule has 58 valence electrons. The fourth-order valence-corrected chi connectivity index (χ4v) is 1.93. The second kappa shape index (κ2) is 2.42. The summed E-state index contributed by atoms with van der Waals surface area (Å²) in [5.74, 6) is 0. The van der Waals surface area contributed by atoms with Crippen molar-refractivity contribution in [1.82, 2.24) is 0 Å². The molecule has 1 aliphatic heterocycles. The number of hydrogen-bond donors (Lipinski definition) is 0. The van der Waals surface area contributed by atoms with Crippen molar-refractivity contribution in [3.05, 3.63) is 28.8 Å². The summed E-state index contributed by atoms with van der Waals surface area (Å²) in [6.07, 6.45) is 1.13. The minimum Gasteiger partial charge on any atom is -0.373 e. The third-order valence-electron chi connectivity index (χ3n) is 2.17. The molecule has 11 heavy (non-hydrogen) atoms. The van der Waals surface area contributed by atoms with E-state index in [1.54, 1.807) is 0 Å². The predicted octanol–water partition coefficient (Wildman–Crippen LogP) is 2.33. The van der Waals surface area contributed by atoms with Gasteiger partial charge in [0.05, 0.1) is 10.7 Å². The van der Waals surface area contributed by atoms with Gasteiger partial charge in [-0.05, 0) is 18.1 Å². The van der Waals surface area contributed by atoms with Crippen LogP contribution in [0.2, 0.25) is 5.02 Å². The molecule has 0 fully saturated rings. The summed E-state index contributed by atoms with van der Waals surface area (Å²) >= 11 is 6.02. The van der Waals surface area contributed by atoms with Gasteiger partial charge in [0.15, 0.2) is 0 Å². The fourth-order valence-electron chi connectivity index (χ4n) is 1.59. The first-order valence-electron chi connectivity index (χ1n) is 3.77. The maximum absolute atomic E-state index is 6.02. The highest BCUT2D eigenvalue weighted by atomic mass is 35.5. The van der Waals surface area contributed by atoms with Gasteiger partial charge in [-0.15, -0.1) is 0 Å². The van der Waals surface area contributed by atoms with E-state index < -0.39 is 0 Å². The number of anilines is 1. The number of hydrogen-bond acceptors (Lipinski definition) is 1. The van der Waals surface area contributed by atoms with Gasteiger partial charge in [-0.1, -0.05) is 23.7 Å². The summed E-state index contributed by atoms with van der Waals surface area (Å²) in [5.41, 5.74) is 2.59. The van der Waals surface area contributed by atoms with E-state index >= 15 is 0 Å². The molecular weight excluding hydrogens is 158 g/mol. The standard InChI is InChI=1S/C9H10ClN/c1-11-6-5-7-3-2-4-8(10)9(7)11/h2-4H,5-6H2,1H3. The minimum absolute atomic E-state index is 0.877. The number of likely N-dealkylation sites (N-methyl/N-ethyl adjacent to an activating group) is 1. The molecule has 1 aromatic carbocycles. The highest BCUT2D eigenvalue weighted by Gasteiger charge is 2.17. The normalized spacial score (nSPS) is 15.3. The molecule has 0 atom stereocenters. The van der Waals surface area contributed by atoms with Gasteiger partial charge in [-0.25, -0.2) is 0 Å². The highest BCUT2D eigenvalue weighted by Crippen LogP contribution is 2.33. The predicted molar refractivity (Wildman–Crippen MR) is 48.4 cm³/mol. The van der Waals surface area contributed by atoms with Crippen LogP contribution in [0.3, 0.4) is 0 Å². The van der Waals surface area contributed by atoms with Crippen molar-refractivity contribution in [3.8, 4) is 0 Å². The number of nitrogens with zero attached hydrogens (tertiary/aromatic N) is 1. The zero-order valence-corrected chi connectivity index (χ0v) is 7.23. The molecule has 1 nitrogen and oxygen atoms in total. The van der Waals surface area contributed by atoms with Crippen LogP contribution >= 0.6 is 11.6 Å². The molecule has 2 heteroatoms. The lowest BCUT2D eigenvalue weighted by atomic mass is 10.2. The maximum Gasteiger partial charge on any atom is 0.0642 e. The summed E-state index contributed by atoms with van der Waals surface area (Å²) in [6, 6.07) is 6.10. The molecule has 1 aliphatic rings. The van der Waals surface area contributed by atoms with E-state index in [0.29, 0.717) is 0 Å². The Hall–Kier alpha value is -0.690. The molecule has 0 unspecified atom stereocenters. The maximum atomic E-state index is 6.02. The lowest BCUT2D eigenvalue weighted by Gasteiger charge is -2.12. The second-order valence-corrected chi connectivity index (χ2v) is 3.33. The number of fused-ring (bicyclic) bond motifs is 1. The first kappa shape index (κ1) is 6.99. The number of para-hydroxylation sites is 1. The Labute approximate surface area is 71.6 Å². The molecule has 0 N–H and O–H groups in total. The first-order valence-corrected chi connectivity index (χ1v) is 4.15. The number of rotatable bonds is 0. The second-order valence-electron chi connectivity index (χ2n) is 2.92. The largest absolute Gasteiger partial charge is 0.373 e. The average molecular weight is 168 g/mol. The molecule has 0 saturated carbocycles. The third-order valence-corrected chi connectivity index (χ3v) is 2.47. The van der Waals surface area contributed by atoms with Crippen LogP contribution in [0, 0.1) is 0 Å². The Bertz CT molecular complexity index is 283. The molecule has 0 spiro atoms. The Morgan fingerprint density at radius 3 is 3.00 bits per heavy atom. The number of halogens is 1. The topological polar surface area (TPSA) is 3.24 Å². The van der Waals surface area contributed by atoms with Crippen LogP contribution in [0.15, 0.2) is 18.2 Å². The van der Waals surface area contributed by atoms with E-state index in [-0.39, 0.29) is 0 Å². The zero-order valence-electron chi connectivity index (χ0n) is 6.47. The lowest BCUT2D eigenvalue weighted by Crippen LogP contribution is -2.12. The van der Waals surface area contributed by atoms with Crippen molar-refractivity contribution in [2.75, 3.05) is 18.5 Å². The Kier molecular flexibility index (Phi) is 1.53. The van der Waals surface area contributed by atoms with Crippen molar-refractivity contribution >= 4 is 17.3 Å². The van der Waals surface area contributed by atoms with E-state index in [2.05, 4.69) is 18.0 Å².